The standard InChI is InChI=1S/C7H15NO2/c1-2-3-7(10)6-8-4-5-9/h3,8-10H,2,4-6H2,1H3/b7-3-. The molecular weight excluding hydrogens is 130 g/mol. The van der Waals surface area contributed by atoms with Crippen molar-refractivity contribution in [1.82, 2.24) is 5.32 Å². The van der Waals surface area contributed by atoms with Gasteiger partial charge in [-0.15, -0.1) is 0 Å². The Morgan fingerprint density at radius 3 is 2.80 bits per heavy atom. The van der Waals surface area contributed by atoms with Gasteiger partial charge < -0.3 is 15.5 Å². The van der Waals surface area contributed by atoms with E-state index in [2.05, 4.69) is 5.32 Å². The third-order valence-electron chi connectivity index (χ3n) is 1.03. The minimum atomic E-state index is 0.111. The quantitative estimate of drug-likeness (QED) is 0.388. The van der Waals surface area contributed by atoms with E-state index in [-0.39, 0.29) is 6.61 Å². The van der Waals surface area contributed by atoms with Gasteiger partial charge in [0.15, 0.2) is 0 Å². The van der Waals surface area contributed by atoms with Crippen molar-refractivity contribution in [2.24, 2.45) is 0 Å². The molecule has 0 aliphatic rings. The van der Waals surface area contributed by atoms with Crippen molar-refractivity contribution in [3.05, 3.63) is 11.8 Å². The first-order chi connectivity index (χ1) is 4.81. The molecule has 3 N–H and O–H groups in total. The van der Waals surface area contributed by atoms with Crippen LogP contribution < -0.4 is 5.32 Å². The van der Waals surface area contributed by atoms with Crippen molar-refractivity contribution in [2.75, 3.05) is 19.7 Å². The molecule has 0 saturated heterocycles. The van der Waals surface area contributed by atoms with Gasteiger partial charge in [-0.05, 0) is 12.5 Å². The summed E-state index contributed by atoms with van der Waals surface area (Å²) < 4.78 is 0. The molecule has 0 spiro atoms. The zero-order valence-corrected chi connectivity index (χ0v) is 6.30. The third-order valence-corrected chi connectivity index (χ3v) is 1.03. The molecule has 3 nitrogen and oxygen atoms in total. The van der Waals surface area contributed by atoms with Crippen molar-refractivity contribution in [1.29, 1.82) is 0 Å². The molecule has 0 radical (unpaired) electrons. The van der Waals surface area contributed by atoms with E-state index >= 15 is 0 Å². The summed E-state index contributed by atoms with van der Waals surface area (Å²) >= 11 is 0. The topological polar surface area (TPSA) is 52.5 Å². The number of rotatable bonds is 5. The Bertz CT molecular complexity index is 102. The van der Waals surface area contributed by atoms with Crippen LogP contribution in [0, 0.1) is 0 Å². The lowest BCUT2D eigenvalue weighted by Crippen LogP contribution is -2.20. The van der Waals surface area contributed by atoms with Crippen LogP contribution in [0.15, 0.2) is 11.8 Å². The summed E-state index contributed by atoms with van der Waals surface area (Å²) in [6.45, 7) is 3.05. The van der Waals surface area contributed by atoms with Crippen molar-refractivity contribution in [3.8, 4) is 0 Å². The third kappa shape index (κ3) is 5.59. The van der Waals surface area contributed by atoms with Crippen LogP contribution in [0.4, 0.5) is 0 Å². The lowest BCUT2D eigenvalue weighted by atomic mass is 10.4. The van der Waals surface area contributed by atoms with Crippen LogP contribution in [0.3, 0.4) is 0 Å². The number of hydrogen-bond acceptors (Lipinski definition) is 3. The molecule has 0 heterocycles. The molecule has 0 rings (SSSR count). The Morgan fingerprint density at radius 1 is 1.60 bits per heavy atom. The fourth-order valence-electron chi connectivity index (χ4n) is 0.603. The van der Waals surface area contributed by atoms with Gasteiger partial charge in [0, 0.05) is 6.54 Å². The van der Waals surface area contributed by atoms with Gasteiger partial charge >= 0.3 is 0 Å². The highest BCUT2D eigenvalue weighted by molar-refractivity contribution is 4.91. The summed E-state index contributed by atoms with van der Waals surface area (Å²) in [5.41, 5.74) is 0. The van der Waals surface area contributed by atoms with Crippen LogP contribution in [0.5, 0.6) is 0 Å². The molecule has 0 saturated carbocycles. The first-order valence-electron chi connectivity index (χ1n) is 3.50. The Kier molecular flexibility index (Phi) is 6.22. The molecule has 0 aromatic heterocycles. The first-order valence-corrected chi connectivity index (χ1v) is 3.50. The second kappa shape index (κ2) is 6.58. The van der Waals surface area contributed by atoms with E-state index in [9.17, 15) is 0 Å². The van der Waals surface area contributed by atoms with Crippen LogP contribution >= 0.6 is 0 Å². The van der Waals surface area contributed by atoms with Crippen LogP contribution in [-0.4, -0.2) is 29.9 Å². The smallest absolute Gasteiger partial charge is 0.102 e. The van der Waals surface area contributed by atoms with E-state index in [0.29, 0.717) is 18.8 Å². The monoisotopic (exact) mass is 145 g/mol. The van der Waals surface area contributed by atoms with E-state index in [1.165, 1.54) is 0 Å². The van der Waals surface area contributed by atoms with Gasteiger partial charge in [-0.25, -0.2) is 0 Å². The molecule has 0 unspecified atom stereocenters. The fourth-order valence-corrected chi connectivity index (χ4v) is 0.603. The van der Waals surface area contributed by atoms with E-state index in [1.54, 1.807) is 6.08 Å². The molecule has 0 bridgehead atoms. The molecule has 3 heteroatoms. The molecule has 0 fully saturated rings. The molecule has 0 atom stereocenters. The van der Waals surface area contributed by atoms with Crippen molar-refractivity contribution < 1.29 is 10.2 Å². The number of hydrogen-bond donors (Lipinski definition) is 3. The highest BCUT2D eigenvalue weighted by Gasteiger charge is 1.88. The first kappa shape index (κ1) is 9.46. The highest BCUT2D eigenvalue weighted by atomic mass is 16.3. The maximum absolute atomic E-state index is 8.99. The molecule has 0 aliphatic carbocycles. The fraction of sp³-hybridized carbons (Fsp3) is 0.714. The summed E-state index contributed by atoms with van der Waals surface area (Å²) in [6.07, 6.45) is 2.58. The summed E-state index contributed by atoms with van der Waals surface area (Å²) in [5.74, 6) is 0.343. The average Bonchev–Trinajstić information content (AvgIpc) is 1.89. The summed E-state index contributed by atoms with van der Waals surface area (Å²) in [6, 6.07) is 0. The van der Waals surface area contributed by atoms with Crippen LogP contribution in [-0.2, 0) is 0 Å². The maximum Gasteiger partial charge on any atom is 0.102 e. The number of aliphatic hydroxyl groups excluding tert-OH is 2. The SMILES string of the molecule is CC/C=C(\O)CNCCO. The van der Waals surface area contributed by atoms with Gasteiger partial charge in [-0.3, -0.25) is 0 Å². The van der Waals surface area contributed by atoms with E-state index in [0.717, 1.165) is 6.42 Å². The predicted molar refractivity (Wildman–Crippen MR) is 41.0 cm³/mol. The lowest BCUT2D eigenvalue weighted by molar-refractivity contribution is 0.289. The minimum Gasteiger partial charge on any atom is -0.511 e. The summed E-state index contributed by atoms with van der Waals surface area (Å²) in [5, 5.41) is 20.2. The van der Waals surface area contributed by atoms with Gasteiger partial charge in [-0.1, -0.05) is 6.92 Å². The van der Waals surface area contributed by atoms with Crippen molar-refractivity contribution >= 4 is 0 Å². The predicted octanol–water partition coefficient (Wildman–Crippen LogP) is 0.420. The van der Waals surface area contributed by atoms with Crippen LogP contribution in [0.25, 0.3) is 0 Å². The van der Waals surface area contributed by atoms with E-state index in [4.69, 9.17) is 10.2 Å². The second-order valence-electron chi connectivity index (χ2n) is 2.00. The van der Waals surface area contributed by atoms with Crippen LogP contribution in [0.1, 0.15) is 13.3 Å². The largest absolute Gasteiger partial charge is 0.511 e. The van der Waals surface area contributed by atoms with Gasteiger partial charge in [0.05, 0.1) is 13.2 Å². The van der Waals surface area contributed by atoms with Crippen molar-refractivity contribution in [3.63, 3.8) is 0 Å². The van der Waals surface area contributed by atoms with Gasteiger partial charge in [-0.2, -0.15) is 0 Å². The van der Waals surface area contributed by atoms with Crippen molar-refractivity contribution in [2.45, 2.75) is 13.3 Å². The van der Waals surface area contributed by atoms with E-state index in [1.807, 2.05) is 6.92 Å². The van der Waals surface area contributed by atoms with E-state index < -0.39 is 0 Å². The van der Waals surface area contributed by atoms with Gasteiger partial charge in [0.2, 0.25) is 0 Å². The second-order valence-corrected chi connectivity index (χ2v) is 2.00. The molecule has 0 amide bonds. The summed E-state index contributed by atoms with van der Waals surface area (Å²) in [7, 11) is 0. The normalized spacial score (nSPS) is 12.0. The Hall–Kier alpha value is -0.540. The zero-order valence-electron chi connectivity index (χ0n) is 6.30. The lowest BCUT2D eigenvalue weighted by Gasteiger charge is -2.00. The maximum atomic E-state index is 8.99. The van der Waals surface area contributed by atoms with Crippen LogP contribution in [0.2, 0.25) is 0 Å². The minimum absolute atomic E-state index is 0.111. The number of nitrogens with one attached hydrogen (secondary N) is 1. The molecule has 10 heavy (non-hydrogen) atoms. The Balaban J connectivity index is 3.21. The van der Waals surface area contributed by atoms with Gasteiger partial charge in [0.25, 0.3) is 0 Å². The molecular formula is C7H15NO2. The highest BCUT2D eigenvalue weighted by Crippen LogP contribution is 1.87. The Morgan fingerprint density at radius 2 is 2.30 bits per heavy atom. The Labute approximate surface area is 61.4 Å². The molecule has 0 aromatic carbocycles. The summed E-state index contributed by atoms with van der Waals surface area (Å²) in [4.78, 5) is 0. The number of aliphatic hydroxyl groups is 2. The molecule has 60 valence electrons. The average molecular weight is 145 g/mol. The zero-order chi connectivity index (χ0) is 7.82. The number of allylic oxidation sites excluding steroid dienone is 1. The van der Waals surface area contributed by atoms with Gasteiger partial charge in [0.1, 0.15) is 5.76 Å². The molecule has 0 aliphatic heterocycles. The molecule has 0 aromatic rings.